The molecule has 1 N–H and O–H groups in total. The molecule has 0 spiro atoms. The van der Waals surface area contributed by atoms with Crippen LogP contribution in [0.5, 0.6) is 0 Å². The molecule has 0 bridgehead atoms. The van der Waals surface area contributed by atoms with Crippen LogP contribution < -0.4 is 0 Å². The van der Waals surface area contributed by atoms with E-state index in [2.05, 4.69) is 5.92 Å². The summed E-state index contributed by atoms with van der Waals surface area (Å²) in [6.45, 7) is 5.82. The minimum atomic E-state index is -1.20. The molecule has 12 heavy (non-hydrogen) atoms. The summed E-state index contributed by atoms with van der Waals surface area (Å²) in [4.78, 5) is 0. The molecule has 0 aliphatic rings. The van der Waals surface area contributed by atoms with E-state index in [1.165, 1.54) is 6.92 Å². The number of aliphatic hydroxyl groups is 1. The molecule has 3 nitrogen and oxygen atoms in total. The monoisotopic (exact) mass is 172 g/mol. The van der Waals surface area contributed by atoms with Crippen molar-refractivity contribution in [2.75, 3.05) is 13.2 Å². The molecule has 0 radical (unpaired) electrons. The van der Waals surface area contributed by atoms with E-state index in [1.807, 2.05) is 6.92 Å². The zero-order valence-electron chi connectivity index (χ0n) is 7.83. The van der Waals surface area contributed by atoms with Crippen molar-refractivity contribution in [2.45, 2.75) is 32.7 Å². The van der Waals surface area contributed by atoms with E-state index in [0.717, 1.165) is 0 Å². The fourth-order valence-corrected chi connectivity index (χ4v) is 0.604. The van der Waals surface area contributed by atoms with E-state index < -0.39 is 5.60 Å². The van der Waals surface area contributed by atoms with Crippen LogP contribution in [0.1, 0.15) is 20.8 Å². The first kappa shape index (κ1) is 11.4. The number of rotatable bonds is 5. The molecular weight excluding hydrogens is 156 g/mol. The number of hydrogen-bond acceptors (Lipinski definition) is 3. The lowest BCUT2D eigenvalue weighted by Gasteiger charge is -2.19. The van der Waals surface area contributed by atoms with Crippen LogP contribution in [0.25, 0.3) is 0 Å². The SMILES string of the molecule is C#CC(C)(O)COC(C)OCC. The van der Waals surface area contributed by atoms with Crippen LogP contribution in [0, 0.1) is 12.3 Å². The predicted octanol–water partition coefficient (Wildman–Crippen LogP) is 0.770. The molecule has 0 aromatic rings. The van der Waals surface area contributed by atoms with Gasteiger partial charge in [0.15, 0.2) is 6.29 Å². The van der Waals surface area contributed by atoms with Gasteiger partial charge in [-0.05, 0) is 20.8 Å². The molecule has 2 atom stereocenters. The van der Waals surface area contributed by atoms with E-state index >= 15 is 0 Å². The average molecular weight is 172 g/mol. The fourth-order valence-electron chi connectivity index (χ4n) is 0.604. The molecule has 0 heterocycles. The summed E-state index contributed by atoms with van der Waals surface area (Å²) >= 11 is 0. The molecule has 3 heteroatoms. The summed E-state index contributed by atoms with van der Waals surface area (Å²) in [5.41, 5.74) is -1.20. The number of hydrogen-bond donors (Lipinski definition) is 1. The van der Waals surface area contributed by atoms with Crippen LogP contribution in [0.4, 0.5) is 0 Å². The lowest BCUT2D eigenvalue weighted by atomic mass is 10.1. The maximum absolute atomic E-state index is 9.32. The van der Waals surface area contributed by atoms with E-state index in [-0.39, 0.29) is 12.9 Å². The zero-order valence-corrected chi connectivity index (χ0v) is 7.83. The Balaban J connectivity index is 3.62. The highest BCUT2D eigenvalue weighted by Gasteiger charge is 2.17. The lowest BCUT2D eigenvalue weighted by Crippen LogP contribution is -2.31. The van der Waals surface area contributed by atoms with Crippen LogP contribution in [-0.2, 0) is 9.47 Å². The maximum atomic E-state index is 9.32. The quantitative estimate of drug-likeness (QED) is 0.491. The Morgan fingerprint density at radius 3 is 2.58 bits per heavy atom. The number of ether oxygens (including phenoxy) is 2. The van der Waals surface area contributed by atoms with Gasteiger partial charge in [-0.25, -0.2) is 0 Å². The summed E-state index contributed by atoms with van der Waals surface area (Å²) in [5, 5.41) is 9.32. The van der Waals surface area contributed by atoms with Crippen molar-refractivity contribution in [2.24, 2.45) is 0 Å². The summed E-state index contributed by atoms with van der Waals surface area (Å²) in [6, 6.07) is 0. The fraction of sp³-hybridized carbons (Fsp3) is 0.778. The molecule has 0 aliphatic heterocycles. The number of terminal acetylenes is 1. The minimum absolute atomic E-state index is 0.0880. The van der Waals surface area contributed by atoms with Crippen LogP contribution in [-0.4, -0.2) is 30.2 Å². The molecule has 2 unspecified atom stereocenters. The smallest absolute Gasteiger partial charge is 0.154 e. The molecule has 0 saturated heterocycles. The Morgan fingerprint density at radius 1 is 1.58 bits per heavy atom. The Labute approximate surface area is 73.7 Å². The first-order chi connectivity index (χ1) is 5.52. The molecule has 0 saturated carbocycles. The Hall–Kier alpha value is -0.560. The van der Waals surface area contributed by atoms with Gasteiger partial charge in [-0.2, -0.15) is 0 Å². The van der Waals surface area contributed by atoms with Crippen molar-refractivity contribution in [3.8, 4) is 12.3 Å². The van der Waals surface area contributed by atoms with Crippen molar-refractivity contribution in [3.63, 3.8) is 0 Å². The molecule has 0 aliphatic carbocycles. The second-order valence-electron chi connectivity index (χ2n) is 2.75. The van der Waals surface area contributed by atoms with Crippen molar-refractivity contribution in [3.05, 3.63) is 0 Å². The highest BCUT2D eigenvalue weighted by Crippen LogP contribution is 2.04. The third-order valence-corrected chi connectivity index (χ3v) is 1.31. The molecular formula is C9H16O3. The van der Waals surface area contributed by atoms with Crippen molar-refractivity contribution in [1.82, 2.24) is 0 Å². The van der Waals surface area contributed by atoms with Gasteiger partial charge >= 0.3 is 0 Å². The van der Waals surface area contributed by atoms with Crippen molar-refractivity contribution >= 4 is 0 Å². The van der Waals surface area contributed by atoms with Crippen LogP contribution in [0.2, 0.25) is 0 Å². The van der Waals surface area contributed by atoms with Gasteiger partial charge in [0.1, 0.15) is 5.60 Å². The van der Waals surface area contributed by atoms with Crippen molar-refractivity contribution in [1.29, 1.82) is 0 Å². The highest BCUT2D eigenvalue weighted by atomic mass is 16.7. The second-order valence-corrected chi connectivity index (χ2v) is 2.75. The second kappa shape index (κ2) is 5.15. The van der Waals surface area contributed by atoms with Gasteiger partial charge in [-0.15, -0.1) is 6.42 Å². The molecule has 0 aromatic heterocycles. The Kier molecular flexibility index (Phi) is 4.91. The molecule has 0 rings (SSSR count). The van der Waals surface area contributed by atoms with Gasteiger partial charge < -0.3 is 14.6 Å². The largest absolute Gasteiger partial charge is 0.375 e. The van der Waals surface area contributed by atoms with E-state index in [4.69, 9.17) is 15.9 Å². The van der Waals surface area contributed by atoms with Gasteiger partial charge in [0.2, 0.25) is 0 Å². The maximum Gasteiger partial charge on any atom is 0.154 e. The van der Waals surface area contributed by atoms with Gasteiger partial charge in [-0.1, -0.05) is 5.92 Å². The topological polar surface area (TPSA) is 38.7 Å². The zero-order chi connectivity index (χ0) is 9.61. The van der Waals surface area contributed by atoms with Gasteiger partial charge in [0.05, 0.1) is 6.61 Å². The summed E-state index contributed by atoms with van der Waals surface area (Å²) < 4.78 is 10.2. The molecule has 0 fully saturated rings. The van der Waals surface area contributed by atoms with E-state index in [9.17, 15) is 5.11 Å². The van der Waals surface area contributed by atoms with Crippen LogP contribution in [0.15, 0.2) is 0 Å². The standard InChI is InChI=1S/C9H16O3/c1-5-9(4,10)7-12-8(3)11-6-2/h1,8,10H,6-7H2,2-4H3. The Morgan fingerprint density at radius 2 is 2.17 bits per heavy atom. The average Bonchev–Trinajstić information content (AvgIpc) is 2.02. The highest BCUT2D eigenvalue weighted by molar-refractivity contribution is 5.04. The van der Waals surface area contributed by atoms with Gasteiger partial charge in [-0.3, -0.25) is 0 Å². The van der Waals surface area contributed by atoms with Gasteiger partial charge in [0, 0.05) is 6.61 Å². The third kappa shape index (κ3) is 5.14. The Bertz CT molecular complexity index is 158. The van der Waals surface area contributed by atoms with E-state index in [0.29, 0.717) is 6.61 Å². The summed E-state index contributed by atoms with van der Waals surface area (Å²) in [6.07, 6.45) is 4.72. The molecule has 0 amide bonds. The normalized spacial score (nSPS) is 17.9. The summed E-state index contributed by atoms with van der Waals surface area (Å²) in [5.74, 6) is 2.21. The van der Waals surface area contributed by atoms with Crippen LogP contribution >= 0.6 is 0 Å². The minimum Gasteiger partial charge on any atom is -0.375 e. The first-order valence-corrected chi connectivity index (χ1v) is 3.95. The van der Waals surface area contributed by atoms with E-state index in [1.54, 1.807) is 6.92 Å². The molecule has 0 aromatic carbocycles. The summed E-state index contributed by atoms with van der Waals surface area (Å²) in [7, 11) is 0. The first-order valence-electron chi connectivity index (χ1n) is 3.95. The van der Waals surface area contributed by atoms with Gasteiger partial charge in [0.25, 0.3) is 0 Å². The lowest BCUT2D eigenvalue weighted by molar-refractivity contribution is -0.151. The predicted molar refractivity (Wildman–Crippen MR) is 46.5 cm³/mol. The molecule has 70 valence electrons. The third-order valence-electron chi connectivity index (χ3n) is 1.31. The van der Waals surface area contributed by atoms with Crippen LogP contribution in [0.3, 0.4) is 0 Å². The van der Waals surface area contributed by atoms with Crippen molar-refractivity contribution < 1.29 is 14.6 Å².